The van der Waals surface area contributed by atoms with Gasteiger partial charge in [0, 0.05) is 17.9 Å². The second-order valence-corrected chi connectivity index (χ2v) is 8.50. The average molecular weight is 421 g/mol. The van der Waals surface area contributed by atoms with Crippen LogP contribution in [0.5, 0.6) is 0 Å². The molecular formula is C22H16FN3O3S. The van der Waals surface area contributed by atoms with E-state index >= 15 is 0 Å². The molecule has 0 aliphatic heterocycles. The van der Waals surface area contributed by atoms with Crippen LogP contribution in [0.4, 0.5) is 10.2 Å². The number of halogens is 1. The number of nitrogens with zero attached hydrogens (tertiary/aromatic N) is 2. The Morgan fingerprint density at radius 3 is 2.50 bits per heavy atom. The third-order valence-corrected chi connectivity index (χ3v) is 6.05. The molecule has 0 atom stereocenters. The lowest BCUT2D eigenvalue weighted by molar-refractivity contribution is -0.114. The lowest BCUT2D eigenvalue weighted by Crippen LogP contribution is -2.07. The van der Waals surface area contributed by atoms with Gasteiger partial charge in [-0.2, -0.15) is 0 Å². The van der Waals surface area contributed by atoms with Gasteiger partial charge >= 0.3 is 0 Å². The van der Waals surface area contributed by atoms with Gasteiger partial charge in [0.25, 0.3) is 0 Å². The number of nitrogens with one attached hydrogen (secondary N) is 1. The third kappa shape index (κ3) is 3.90. The number of pyridine rings is 2. The molecular weight excluding hydrogens is 405 g/mol. The second kappa shape index (κ2) is 7.64. The summed E-state index contributed by atoms with van der Waals surface area (Å²) in [5, 5.41) is 3.28. The number of rotatable bonds is 4. The van der Waals surface area contributed by atoms with Crippen molar-refractivity contribution in [1.29, 1.82) is 0 Å². The SMILES string of the molecule is CC(=O)Nc1ccc2cc(-c3cccc(S(=O)(=O)c4cccc(F)c4)n3)ccc2n1. The first-order chi connectivity index (χ1) is 14.3. The van der Waals surface area contributed by atoms with E-state index in [-0.39, 0.29) is 15.8 Å². The van der Waals surface area contributed by atoms with Gasteiger partial charge in [0.05, 0.1) is 16.1 Å². The largest absolute Gasteiger partial charge is 0.311 e. The van der Waals surface area contributed by atoms with Crippen LogP contribution in [0.15, 0.2) is 82.7 Å². The van der Waals surface area contributed by atoms with Gasteiger partial charge in [0.2, 0.25) is 15.7 Å². The van der Waals surface area contributed by atoms with E-state index in [0.717, 1.165) is 11.5 Å². The molecule has 8 heteroatoms. The van der Waals surface area contributed by atoms with Crippen LogP contribution in [0.1, 0.15) is 6.92 Å². The Hall–Kier alpha value is -3.65. The fourth-order valence-electron chi connectivity index (χ4n) is 3.02. The summed E-state index contributed by atoms with van der Waals surface area (Å²) in [6.07, 6.45) is 0. The molecule has 0 aliphatic carbocycles. The number of carbonyl (C=O) groups excluding carboxylic acids is 1. The molecule has 0 radical (unpaired) electrons. The Bertz CT molecular complexity index is 1390. The molecule has 0 aliphatic rings. The van der Waals surface area contributed by atoms with E-state index in [1.54, 1.807) is 30.3 Å². The zero-order valence-electron chi connectivity index (χ0n) is 15.8. The topological polar surface area (TPSA) is 89.0 Å². The van der Waals surface area contributed by atoms with E-state index in [4.69, 9.17) is 0 Å². The Balaban J connectivity index is 1.73. The Kier molecular flexibility index (Phi) is 5.01. The predicted octanol–water partition coefficient (Wildman–Crippen LogP) is 4.23. The maximum absolute atomic E-state index is 13.5. The van der Waals surface area contributed by atoms with Crippen molar-refractivity contribution in [1.82, 2.24) is 9.97 Å². The summed E-state index contributed by atoms with van der Waals surface area (Å²) >= 11 is 0. The minimum atomic E-state index is -3.96. The first kappa shape index (κ1) is 19.7. The van der Waals surface area contributed by atoms with Gasteiger partial charge in [-0.3, -0.25) is 4.79 Å². The van der Waals surface area contributed by atoms with E-state index in [9.17, 15) is 17.6 Å². The lowest BCUT2D eigenvalue weighted by Gasteiger charge is -2.08. The fraction of sp³-hybridized carbons (Fsp3) is 0.0455. The number of benzene rings is 2. The van der Waals surface area contributed by atoms with Crippen molar-refractivity contribution in [3.63, 3.8) is 0 Å². The highest BCUT2D eigenvalue weighted by molar-refractivity contribution is 7.91. The summed E-state index contributed by atoms with van der Waals surface area (Å²) in [6, 6.07) is 18.4. The molecule has 0 saturated heterocycles. The van der Waals surface area contributed by atoms with Gasteiger partial charge in [-0.25, -0.2) is 22.8 Å². The maximum Gasteiger partial charge on any atom is 0.223 e. The highest BCUT2D eigenvalue weighted by Gasteiger charge is 2.20. The van der Waals surface area contributed by atoms with Gasteiger partial charge in [0.15, 0.2) is 5.03 Å². The molecule has 0 spiro atoms. The molecule has 4 aromatic rings. The summed E-state index contributed by atoms with van der Waals surface area (Å²) in [5.41, 5.74) is 1.83. The minimum absolute atomic E-state index is 0.152. The van der Waals surface area contributed by atoms with Crippen LogP contribution in [0.3, 0.4) is 0 Å². The molecule has 2 heterocycles. The van der Waals surface area contributed by atoms with Crippen molar-refractivity contribution in [3.8, 4) is 11.3 Å². The first-order valence-corrected chi connectivity index (χ1v) is 10.5. The van der Waals surface area contributed by atoms with Gasteiger partial charge in [-0.1, -0.05) is 18.2 Å². The van der Waals surface area contributed by atoms with Crippen LogP contribution in [-0.4, -0.2) is 24.3 Å². The van der Waals surface area contributed by atoms with Gasteiger partial charge in [-0.05, 0) is 54.6 Å². The molecule has 1 amide bonds. The van der Waals surface area contributed by atoms with E-state index in [2.05, 4.69) is 15.3 Å². The Labute approximate surface area is 172 Å². The number of fused-ring (bicyclic) bond motifs is 1. The number of hydrogen-bond acceptors (Lipinski definition) is 5. The monoisotopic (exact) mass is 421 g/mol. The standard InChI is InChI=1S/C22H16FN3O3S/c1-14(27)24-21-11-9-16-12-15(8-10-20(16)25-21)19-6-3-7-22(26-19)30(28,29)18-5-2-4-17(23)13-18/h2-13H,1H3,(H,24,25,27). The zero-order chi connectivity index (χ0) is 21.3. The van der Waals surface area contributed by atoms with Gasteiger partial charge in [0.1, 0.15) is 11.6 Å². The normalized spacial score (nSPS) is 11.4. The molecule has 0 bridgehead atoms. The van der Waals surface area contributed by atoms with Crippen LogP contribution in [0.25, 0.3) is 22.2 Å². The summed E-state index contributed by atoms with van der Waals surface area (Å²) in [4.78, 5) is 19.7. The van der Waals surface area contributed by atoms with Crippen molar-refractivity contribution in [2.75, 3.05) is 5.32 Å². The summed E-state index contributed by atoms with van der Waals surface area (Å²) < 4.78 is 39.2. The number of hydrogen-bond donors (Lipinski definition) is 1. The van der Waals surface area contributed by atoms with Crippen molar-refractivity contribution < 1.29 is 17.6 Å². The van der Waals surface area contributed by atoms with Crippen LogP contribution < -0.4 is 5.32 Å². The number of sulfone groups is 1. The molecule has 0 fully saturated rings. The molecule has 2 aromatic heterocycles. The number of carbonyl (C=O) groups is 1. The van der Waals surface area contributed by atoms with Gasteiger partial charge in [-0.15, -0.1) is 0 Å². The molecule has 1 N–H and O–H groups in total. The summed E-state index contributed by atoms with van der Waals surface area (Å²) in [5.74, 6) is -0.393. The molecule has 30 heavy (non-hydrogen) atoms. The fourth-order valence-corrected chi connectivity index (χ4v) is 4.26. The molecule has 4 rings (SSSR count). The van der Waals surface area contributed by atoms with Crippen LogP contribution in [-0.2, 0) is 14.6 Å². The van der Waals surface area contributed by atoms with Crippen molar-refractivity contribution in [2.24, 2.45) is 0 Å². The molecule has 2 aromatic carbocycles. The van der Waals surface area contributed by atoms with Crippen LogP contribution >= 0.6 is 0 Å². The zero-order valence-corrected chi connectivity index (χ0v) is 16.7. The lowest BCUT2D eigenvalue weighted by atomic mass is 10.1. The predicted molar refractivity (Wildman–Crippen MR) is 111 cm³/mol. The first-order valence-electron chi connectivity index (χ1n) is 8.99. The number of amides is 1. The molecule has 150 valence electrons. The van der Waals surface area contributed by atoms with Crippen molar-refractivity contribution in [2.45, 2.75) is 16.8 Å². The molecule has 6 nitrogen and oxygen atoms in total. The highest BCUT2D eigenvalue weighted by atomic mass is 32.2. The van der Waals surface area contributed by atoms with Gasteiger partial charge < -0.3 is 5.32 Å². The highest BCUT2D eigenvalue weighted by Crippen LogP contribution is 2.26. The third-order valence-electron chi connectivity index (χ3n) is 4.39. The van der Waals surface area contributed by atoms with Crippen LogP contribution in [0.2, 0.25) is 0 Å². The van der Waals surface area contributed by atoms with E-state index in [1.807, 2.05) is 12.1 Å². The molecule has 0 saturated carbocycles. The van der Waals surface area contributed by atoms with Crippen molar-refractivity contribution in [3.05, 3.63) is 78.6 Å². The summed E-state index contributed by atoms with van der Waals surface area (Å²) in [7, 11) is -3.96. The minimum Gasteiger partial charge on any atom is -0.311 e. The maximum atomic E-state index is 13.5. The number of anilines is 1. The average Bonchev–Trinajstić information content (AvgIpc) is 2.73. The smallest absolute Gasteiger partial charge is 0.223 e. The Morgan fingerprint density at radius 2 is 1.73 bits per heavy atom. The quantitative estimate of drug-likeness (QED) is 0.533. The second-order valence-electron chi connectivity index (χ2n) is 6.61. The van der Waals surface area contributed by atoms with E-state index in [0.29, 0.717) is 22.6 Å². The Morgan fingerprint density at radius 1 is 0.933 bits per heavy atom. The number of aromatic nitrogens is 2. The summed E-state index contributed by atoms with van der Waals surface area (Å²) in [6.45, 7) is 1.41. The van der Waals surface area contributed by atoms with Crippen LogP contribution in [0, 0.1) is 5.82 Å². The van der Waals surface area contributed by atoms with Crippen molar-refractivity contribution >= 4 is 32.5 Å². The van der Waals surface area contributed by atoms with E-state index < -0.39 is 15.7 Å². The van der Waals surface area contributed by atoms with E-state index in [1.165, 1.54) is 31.2 Å². The molecule has 0 unspecified atom stereocenters.